The van der Waals surface area contributed by atoms with Crippen molar-refractivity contribution in [2.45, 2.75) is 25.9 Å². The highest BCUT2D eigenvalue weighted by Gasteiger charge is 2.14. The van der Waals surface area contributed by atoms with Gasteiger partial charge in [-0.15, -0.1) is 0 Å². The summed E-state index contributed by atoms with van der Waals surface area (Å²) in [5.74, 6) is 0. The van der Waals surface area contributed by atoms with Crippen LogP contribution in [0.25, 0.3) is 11.2 Å². The highest BCUT2D eigenvalue weighted by atomic mass is 35.5. The molecule has 0 fully saturated rings. The first kappa shape index (κ1) is 19.9. The van der Waals surface area contributed by atoms with Crippen molar-refractivity contribution < 1.29 is 17.7 Å². The summed E-state index contributed by atoms with van der Waals surface area (Å²) in [6.45, 7) is 3.83. The quantitative estimate of drug-likeness (QED) is 0.470. The lowest BCUT2D eigenvalue weighted by Crippen LogP contribution is -3.00. The van der Waals surface area contributed by atoms with Gasteiger partial charge in [0.05, 0.1) is 12.9 Å². The van der Waals surface area contributed by atoms with Gasteiger partial charge in [-0.3, -0.25) is 13.9 Å². The zero-order valence-electron chi connectivity index (χ0n) is 15.2. The SMILES string of the molecule is CC([NH2+]CCCn1cnc2c1c(=O)n(C)c(=O)n2C)c1ccccc1.[Cl-]. The standard InChI is InChI=1S/C18H23N5O2.ClH/c1-13(14-8-5-4-6-9-14)19-10-7-11-23-12-20-16-15(23)17(24)22(3)18(25)21(16)2;/h4-6,8-9,12-13,19H,7,10-11H2,1-3H3;1H. The molecule has 0 amide bonds. The molecule has 140 valence electrons. The number of aryl methyl sites for hydroxylation is 2. The van der Waals surface area contributed by atoms with Gasteiger partial charge in [0.1, 0.15) is 6.04 Å². The third kappa shape index (κ3) is 3.73. The van der Waals surface area contributed by atoms with E-state index < -0.39 is 0 Å². The van der Waals surface area contributed by atoms with Crippen LogP contribution in [-0.2, 0) is 20.6 Å². The van der Waals surface area contributed by atoms with Crippen molar-refractivity contribution in [1.29, 1.82) is 0 Å². The van der Waals surface area contributed by atoms with Crippen LogP contribution < -0.4 is 29.0 Å². The molecule has 2 aromatic heterocycles. The number of imidazole rings is 1. The number of hydrogen-bond acceptors (Lipinski definition) is 3. The van der Waals surface area contributed by atoms with Crippen molar-refractivity contribution >= 4 is 11.2 Å². The Balaban J connectivity index is 0.00000243. The first-order valence-corrected chi connectivity index (χ1v) is 8.50. The molecule has 1 atom stereocenters. The average Bonchev–Trinajstić information content (AvgIpc) is 3.06. The number of aromatic nitrogens is 4. The molecule has 0 saturated heterocycles. The maximum absolute atomic E-state index is 12.4. The maximum Gasteiger partial charge on any atom is 0.332 e. The van der Waals surface area contributed by atoms with E-state index in [-0.39, 0.29) is 23.7 Å². The molecule has 0 bridgehead atoms. The lowest BCUT2D eigenvalue weighted by molar-refractivity contribution is -0.693. The molecule has 0 radical (unpaired) electrons. The second-order valence-electron chi connectivity index (χ2n) is 6.39. The highest BCUT2D eigenvalue weighted by molar-refractivity contribution is 5.69. The van der Waals surface area contributed by atoms with Crippen LogP contribution in [0.15, 0.2) is 46.2 Å². The summed E-state index contributed by atoms with van der Waals surface area (Å²) in [7, 11) is 3.13. The summed E-state index contributed by atoms with van der Waals surface area (Å²) in [5.41, 5.74) is 1.58. The van der Waals surface area contributed by atoms with Crippen molar-refractivity contribution in [2.75, 3.05) is 6.54 Å². The molecule has 8 heteroatoms. The van der Waals surface area contributed by atoms with Crippen molar-refractivity contribution in [1.82, 2.24) is 18.7 Å². The fourth-order valence-corrected chi connectivity index (χ4v) is 3.09. The minimum Gasteiger partial charge on any atom is -1.00 e. The normalized spacial score (nSPS) is 12.1. The monoisotopic (exact) mass is 377 g/mol. The van der Waals surface area contributed by atoms with Gasteiger partial charge in [0.2, 0.25) is 0 Å². The Labute approximate surface area is 157 Å². The van der Waals surface area contributed by atoms with Crippen LogP contribution in [0.4, 0.5) is 0 Å². The molecule has 0 aliphatic heterocycles. The highest BCUT2D eigenvalue weighted by Crippen LogP contribution is 2.07. The Morgan fingerprint density at radius 1 is 1.12 bits per heavy atom. The predicted molar refractivity (Wildman–Crippen MR) is 96.5 cm³/mol. The van der Waals surface area contributed by atoms with E-state index in [0.717, 1.165) is 17.5 Å². The molecule has 0 saturated carbocycles. The van der Waals surface area contributed by atoms with E-state index in [2.05, 4.69) is 41.5 Å². The molecule has 2 heterocycles. The van der Waals surface area contributed by atoms with Gasteiger partial charge in [-0.2, -0.15) is 0 Å². The Morgan fingerprint density at radius 3 is 2.50 bits per heavy atom. The Morgan fingerprint density at radius 2 is 1.81 bits per heavy atom. The molecular formula is C18H24ClN5O2. The third-order valence-electron chi connectivity index (χ3n) is 4.67. The second-order valence-corrected chi connectivity index (χ2v) is 6.39. The minimum absolute atomic E-state index is 0. The molecule has 1 unspecified atom stereocenters. The largest absolute Gasteiger partial charge is 1.00 e. The second kappa shape index (κ2) is 8.33. The summed E-state index contributed by atoms with van der Waals surface area (Å²) in [6.07, 6.45) is 2.56. The Hall–Kier alpha value is -2.38. The lowest BCUT2D eigenvalue weighted by atomic mass is 10.1. The van der Waals surface area contributed by atoms with Crippen molar-refractivity contribution in [3.05, 3.63) is 63.1 Å². The van der Waals surface area contributed by atoms with Gasteiger partial charge in [0.25, 0.3) is 5.56 Å². The number of nitrogens with zero attached hydrogens (tertiary/aromatic N) is 4. The summed E-state index contributed by atoms with van der Waals surface area (Å²) in [6, 6.07) is 10.8. The zero-order chi connectivity index (χ0) is 18.0. The Kier molecular flexibility index (Phi) is 6.39. The molecular weight excluding hydrogens is 354 g/mol. The van der Waals surface area contributed by atoms with Crippen LogP contribution >= 0.6 is 0 Å². The van der Waals surface area contributed by atoms with Crippen LogP contribution in [0.1, 0.15) is 24.9 Å². The lowest BCUT2D eigenvalue weighted by Gasteiger charge is -2.11. The number of fused-ring (bicyclic) bond motifs is 1. The fraction of sp³-hybridized carbons (Fsp3) is 0.389. The smallest absolute Gasteiger partial charge is 0.332 e. The van der Waals surface area contributed by atoms with E-state index in [1.165, 1.54) is 17.2 Å². The number of quaternary nitrogens is 1. The molecule has 3 rings (SSSR count). The summed E-state index contributed by atoms with van der Waals surface area (Å²) in [5, 5.41) is 2.29. The fourth-order valence-electron chi connectivity index (χ4n) is 3.09. The third-order valence-corrected chi connectivity index (χ3v) is 4.67. The maximum atomic E-state index is 12.4. The van der Waals surface area contributed by atoms with E-state index in [0.29, 0.717) is 23.8 Å². The predicted octanol–water partition coefficient (Wildman–Crippen LogP) is -2.85. The molecule has 1 aromatic carbocycles. The van der Waals surface area contributed by atoms with Crippen molar-refractivity contribution in [3.8, 4) is 0 Å². The number of rotatable bonds is 6. The Bertz CT molecular complexity index is 990. The molecule has 26 heavy (non-hydrogen) atoms. The van der Waals surface area contributed by atoms with Crippen LogP contribution in [0.3, 0.4) is 0 Å². The summed E-state index contributed by atoms with van der Waals surface area (Å²) < 4.78 is 4.39. The van der Waals surface area contributed by atoms with Crippen molar-refractivity contribution in [3.63, 3.8) is 0 Å². The van der Waals surface area contributed by atoms with Gasteiger partial charge in [-0.25, -0.2) is 9.78 Å². The van der Waals surface area contributed by atoms with Crippen LogP contribution in [0.5, 0.6) is 0 Å². The molecule has 3 aromatic rings. The first-order chi connectivity index (χ1) is 12.0. The summed E-state index contributed by atoms with van der Waals surface area (Å²) in [4.78, 5) is 28.6. The number of benzene rings is 1. The van der Waals surface area contributed by atoms with Crippen molar-refractivity contribution in [2.24, 2.45) is 14.1 Å². The van der Waals surface area contributed by atoms with E-state index in [1.54, 1.807) is 13.4 Å². The van der Waals surface area contributed by atoms with E-state index in [1.807, 2.05) is 10.6 Å². The van der Waals surface area contributed by atoms with E-state index in [4.69, 9.17) is 0 Å². The molecule has 2 N–H and O–H groups in total. The van der Waals surface area contributed by atoms with Gasteiger partial charge in [0.15, 0.2) is 11.2 Å². The van der Waals surface area contributed by atoms with Gasteiger partial charge in [-0.05, 0) is 6.92 Å². The molecule has 7 nitrogen and oxygen atoms in total. The van der Waals surface area contributed by atoms with Crippen LogP contribution in [0.2, 0.25) is 0 Å². The number of halogens is 1. The van der Waals surface area contributed by atoms with E-state index in [9.17, 15) is 9.59 Å². The molecule has 0 aliphatic carbocycles. The van der Waals surface area contributed by atoms with Gasteiger partial charge in [0, 0.05) is 32.6 Å². The molecule has 0 aliphatic rings. The van der Waals surface area contributed by atoms with E-state index >= 15 is 0 Å². The topological polar surface area (TPSA) is 78.4 Å². The van der Waals surface area contributed by atoms with Crippen LogP contribution in [0, 0.1) is 0 Å². The average molecular weight is 378 g/mol. The summed E-state index contributed by atoms with van der Waals surface area (Å²) >= 11 is 0. The van der Waals surface area contributed by atoms with Crippen LogP contribution in [-0.4, -0.2) is 25.2 Å². The number of hydrogen-bond donors (Lipinski definition) is 1. The molecule has 0 spiro atoms. The van der Waals surface area contributed by atoms with Gasteiger partial charge < -0.3 is 22.3 Å². The first-order valence-electron chi connectivity index (χ1n) is 8.50. The van der Waals surface area contributed by atoms with Gasteiger partial charge in [-0.1, -0.05) is 30.3 Å². The number of nitrogens with two attached hydrogens (primary N) is 1. The minimum atomic E-state index is -0.354. The zero-order valence-corrected chi connectivity index (χ0v) is 16.0. The van der Waals surface area contributed by atoms with Gasteiger partial charge >= 0.3 is 5.69 Å².